The number of benzene rings is 1. The first-order valence-electron chi connectivity index (χ1n) is 4.37. The number of carbonyl (C=O) groups excluding carboxylic acids is 1. The van der Waals surface area contributed by atoms with Gasteiger partial charge in [0.25, 0.3) is 0 Å². The Hall–Kier alpha value is -1.77. The molecule has 0 spiro atoms. The van der Waals surface area contributed by atoms with Gasteiger partial charge in [0.15, 0.2) is 0 Å². The minimum atomic E-state index is 0.644. The van der Waals surface area contributed by atoms with Gasteiger partial charge in [-0.15, -0.1) is 0 Å². The maximum Gasteiger partial charge on any atom is 0.211 e. The predicted octanol–water partition coefficient (Wildman–Crippen LogP) is 1.47. The van der Waals surface area contributed by atoms with Gasteiger partial charge in [0.1, 0.15) is 0 Å². The topological polar surface area (TPSA) is 32.3 Å². The third kappa shape index (κ3) is 2.94. The second-order valence-corrected chi connectivity index (χ2v) is 3.10. The molecule has 0 heterocycles. The number of amides is 1. The summed E-state index contributed by atoms with van der Waals surface area (Å²) in [6.07, 6.45) is 4.09. The Kier molecular flexibility index (Phi) is 3.73. The molecule has 0 fully saturated rings. The zero-order valence-electron chi connectivity index (χ0n) is 8.40. The van der Waals surface area contributed by atoms with Crippen molar-refractivity contribution in [2.75, 3.05) is 19.0 Å². The first kappa shape index (κ1) is 10.3. The molecule has 0 saturated heterocycles. The first-order chi connectivity index (χ1) is 6.74. The van der Waals surface area contributed by atoms with Crippen LogP contribution in [0.1, 0.15) is 5.56 Å². The smallest absolute Gasteiger partial charge is 0.211 e. The lowest BCUT2D eigenvalue weighted by atomic mass is 10.2. The van der Waals surface area contributed by atoms with Crippen molar-refractivity contribution in [2.24, 2.45) is 0 Å². The summed E-state index contributed by atoms with van der Waals surface area (Å²) in [6.45, 7) is 0. The number of carbonyl (C=O) groups is 1. The Bertz CT molecular complexity index is 315. The summed E-state index contributed by atoms with van der Waals surface area (Å²) in [7, 11) is 4.00. The molecule has 14 heavy (non-hydrogen) atoms. The third-order valence-corrected chi connectivity index (χ3v) is 1.85. The van der Waals surface area contributed by atoms with E-state index in [-0.39, 0.29) is 0 Å². The van der Waals surface area contributed by atoms with Crippen LogP contribution in [0.2, 0.25) is 0 Å². The molecular formula is C11H14N2O. The lowest BCUT2D eigenvalue weighted by molar-refractivity contribution is -0.108. The fraction of sp³-hybridized carbons (Fsp3) is 0.182. The van der Waals surface area contributed by atoms with Gasteiger partial charge in [0.05, 0.1) is 0 Å². The van der Waals surface area contributed by atoms with Crippen LogP contribution in [0.25, 0.3) is 6.08 Å². The van der Waals surface area contributed by atoms with E-state index in [1.54, 1.807) is 6.20 Å². The number of anilines is 1. The van der Waals surface area contributed by atoms with Gasteiger partial charge < -0.3 is 10.2 Å². The molecule has 0 atom stereocenters. The van der Waals surface area contributed by atoms with Crippen LogP contribution >= 0.6 is 0 Å². The van der Waals surface area contributed by atoms with Crippen molar-refractivity contribution < 1.29 is 4.79 Å². The van der Waals surface area contributed by atoms with Crippen molar-refractivity contribution in [3.05, 3.63) is 36.0 Å². The summed E-state index contributed by atoms with van der Waals surface area (Å²) in [6, 6.07) is 8.05. The highest BCUT2D eigenvalue weighted by molar-refractivity contribution is 5.58. The molecule has 0 unspecified atom stereocenters. The molecule has 74 valence electrons. The third-order valence-electron chi connectivity index (χ3n) is 1.85. The minimum absolute atomic E-state index is 0.644. The van der Waals surface area contributed by atoms with Crippen LogP contribution in [-0.2, 0) is 4.79 Å². The molecule has 1 aromatic carbocycles. The molecule has 1 N–H and O–H groups in total. The summed E-state index contributed by atoms with van der Waals surface area (Å²) in [5.41, 5.74) is 2.22. The Balaban J connectivity index is 2.68. The van der Waals surface area contributed by atoms with Crippen molar-refractivity contribution in [3.63, 3.8) is 0 Å². The van der Waals surface area contributed by atoms with Gasteiger partial charge in [0.2, 0.25) is 6.41 Å². The average Bonchev–Trinajstić information content (AvgIpc) is 2.19. The van der Waals surface area contributed by atoms with E-state index in [4.69, 9.17) is 0 Å². The van der Waals surface area contributed by atoms with Crippen molar-refractivity contribution in [1.29, 1.82) is 0 Å². The first-order valence-corrected chi connectivity index (χ1v) is 4.37. The van der Waals surface area contributed by atoms with Gasteiger partial charge >= 0.3 is 0 Å². The molecule has 0 aliphatic heterocycles. The van der Waals surface area contributed by atoms with E-state index < -0.39 is 0 Å². The molecule has 1 aromatic rings. The predicted molar refractivity (Wildman–Crippen MR) is 59.0 cm³/mol. The summed E-state index contributed by atoms with van der Waals surface area (Å²) in [4.78, 5) is 12.0. The Morgan fingerprint density at radius 2 is 1.86 bits per heavy atom. The lowest BCUT2D eigenvalue weighted by Crippen LogP contribution is -2.07. The van der Waals surface area contributed by atoms with E-state index >= 15 is 0 Å². The van der Waals surface area contributed by atoms with E-state index in [1.807, 2.05) is 49.3 Å². The van der Waals surface area contributed by atoms with Crippen molar-refractivity contribution >= 4 is 18.2 Å². The quantitative estimate of drug-likeness (QED) is 0.729. The van der Waals surface area contributed by atoms with Crippen LogP contribution in [0.3, 0.4) is 0 Å². The van der Waals surface area contributed by atoms with E-state index in [0.717, 1.165) is 11.3 Å². The molecule has 0 aromatic heterocycles. The summed E-state index contributed by atoms with van der Waals surface area (Å²) in [5, 5.41) is 2.46. The number of rotatable bonds is 4. The molecule has 0 saturated carbocycles. The highest BCUT2D eigenvalue weighted by Gasteiger charge is 1.92. The van der Waals surface area contributed by atoms with Crippen molar-refractivity contribution in [2.45, 2.75) is 0 Å². The molecule has 3 nitrogen and oxygen atoms in total. The maximum absolute atomic E-state index is 9.97. The van der Waals surface area contributed by atoms with E-state index in [2.05, 4.69) is 5.32 Å². The largest absolute Gasteiger partial charge is 0.378 e. The standard InChI is InChI=1S/C11H14N2O/c1-13(2)11-5-3-10(4-6-11)7-8-12-9-14/h3-9H,1-2H3,(H,12,14). The van der Waals surface area contributed by atoms with Crippen LogP contribution < -0.4 is 10.2 Å². The second kappa shape index (κ2) is 5.07. The van der Waals surface area contributed by atoms with Crippen LogP contribution in [0.4, 0.5) is 5.69 Å². The van der Waals surface area contributed by atoms with Crippen LogP contribution in [-0.4, -0.2) is 20.5 Å². The maximum atomic E-state index is 9.97. The minimum Gasteiger partial charge on any atom is -0.378 e. The number of nitrogens with zero attached hydrogens (tertiary/aromatic N) is 1. The van der Waals surface area contributed by atoms with E-state index in [9.17, 15) is 4.79 Å². The van der Waals surface area contributed by atoms with Gasteiger partial charge in [-0.25, -0.2) is 0 Å². The average molecular weight is 190 g/mol. The molecule has 0 bridgehead atoms. The summed E-state index contributed by atoms with van der Waals surface area (Å²) < 4.78 is 0. The fourth-order valence-corrected chi connectivity index (χ4v) is 1.07. The number of hydrogen-bond acceptors (Lipinski definition) is 2. The van der Waals surface area contributed by atoms with Gasteiger partial charge in [0, 0.05) is 26.0 Å². The summed E-state index contributed by atoms with van der Waals surface area (Å²) in [5.74, 6) is 0. The van der Waals surface area contributed by atoms with Gasteiger partial charge in [-0.1, -0.05) is 12.1 Å². The monoisotopic (exact) mass is 190 g/mol. The van der Waals surface area contributed by atoms with Gasteiger partial charge in [-0.05, 0) is 23.8 Å². The zero-order chi connectivity index (χ0) is 10.4. The second-order valence-electron chi connectivity index (χ2n) is 3.10. The van der Waals surface area contributed by atoms with Crippen LogP contribution in [0, 0.1) is 0 Å². The molecule has 1 rings (SSSR count). The van der Waals surface area contributed by atoms with Gasteiger partial charge in [-0.2, -0.15) is 0 Å². The van der Waals surface area contributed by atoms with E-state index in [0.29, 0.717) is 6.41 Å². The highest BCUT2D eigenvalue weighted by Crippen LogP contribution is 2.12. The van der Waals surface area contributed by atoms with E-state index in [1.165, 1.54) is 0 Å². The van der Waals surface area contributed by atoms with Crippen LogP contribution in [0.5, 0.6) is 0 Å². The summed E-state index contributed by atoms with van der Waals surface area (Å²) >= 11 is 0. The molecule has 0 aliphatic carbocycles. The number of hydrogen-bond donors (Lipinski definition) is 1. The fourth-order valence-electron chi connectivity index (χ4n) is 1.07. The zero-order valence-corrected chi connectivity index (χ0v) is 8.40. The Morgan fingerprint density at radius 1 is 1.21 bits per heavy atom. The molecule has 0 aliphatic rings. The van der Waals surface area contributed by atoms with Crippen LogP contribution in [0.15, 0.2) is 30.5 Å². The van der Waals surface area contributed by atoms with Gasteiger partial charge in [-0.3, -0.25) is 4.79 Å². The lowest BCUT2D eigenvalue weighted by Gasteiger charge is -2.11. The SMILES string of the molecule is CN(C)c1ccc(C=CNC=O)cc1. The molecule has 0 radical (unpaired) electrons. The normalized spacial score (nSPS) is 10.1. The number of nitrogens with one attached hydrogen (secondary N) is 1. The van der Waals surface area contributed by atoms with Crippen molar-refractivity contribution in [3.8, 4) is 0 Å². The molecule has 1 amide bonds. The molecular weight excluding hydrogens is 176 g/mol. The highest BCUT2D eigenvalue weighted by atomic mass is 16.1. The molecule has 3 heteroatoms. The Morgan fingerprint density at radius 3 is 2.36 bits per heavy atom. The van der Waals surface area contributed by atoms with Crippen molar-refractivity contribution in [1.82, 2.24) is 5.32 Å². The Labute approximate surface area is 84.0 Å².